The summed E-state index contributed by atoms with van der Waals surface area (Å²) in [5.74, 6) is 3.11. The fraction of sp³-hybridized carbons (Fsp3) is 0.611. The van der Waals surface area contributed by atoms with Gasteiger partial charge in [0.15, 0.2) is 5.82 Å². The standard InChI is InChI=1S/C16H22N6.C2H7N/c1-2-6-12(5-1)13-11-15(21-20-13)18-14-7-8-17-16(19-14)22-9-3-4-10-22;1-3-2/h7-8,11-12H,1-6,9-10H2,(H2,17,18,19,20,21);3H,1-2H3. The third kappa shape index (κ3) is 4.69. The van der Waals surface area contributed by atoms with Crippen molar-refractivity contribution in [3.8, 4) is 0 Å². The first kappa shape index (κ1) is 17.7. The highest BCUT2D eigenvalue weighted by Crippen LogP contribution is 2.34. The zero-order chi connectivity index (χ0) is 17.5. The number of rotatable bonds is 4. The number of nitrogens with one attached hydrogen (secondary N) is 3. The molecular weight excluding hydrogens is 314 g/mol. The molecule has 2 fully saturated rings. The van der Waals surface area contributed by atoms with E-state index in [9.17, 15) is 0 Å². The van der Waals surface area contributed by atoms with Crippen LogP contribution in [0.25, 0.3) is 0 Å². The van der Waals surface area contributed by atoms with Gasteiger partial charge in [-0.25, -0.2) is 4.98 Å². The Morgan fingerprint density at radius 2 is 1.80 bits per heavy atom. The van der Waals surface area contributed by atoms with Crippen LogP contribution >= 0.6 is 0 Å². The van der Waals surface area contributed by atoms with E-state index in [0.29, 0.717) is 5.92 Å². The van der Waals surface area contributed by atoms with Crippen LogP contribution in [-0.2, 0) is 0 Å². The fourth-order valence-electron chi connectivity index (χ4n) is 3.47. The Balaban J connectivity index is 0.000000569. The van der Waals surface area contributed by atoms with Gasteiger partial charge < -0.3 is 15.5 Å². The molecule has 0 bridgehead atoms. The quantitative estimate of drug-likeness (QED) is 0.792. The summed E-state index contributed by atoms with van der Waals surface area (Å²) < 4.78 is 0. The van der Waals surface area contributed by atoms with Crippen molar-refractivity contribution >= 4 is 17.6 Å². The number of nitrogens with zero attached hydrogens (tertiary/aromatic N) is 4. The van der Waals surface area contributed by atoms with Gasteiger partial charge in [-0.2, -0.15) is 10.1 Å². The van der Waals surface area contributed by atoms with E-state index in [2.05, 4.69) is 41.8 Å². The second-order valence-corrected chi connectivity index (χ2v) is 6.75. The Morgan fingerprint density at radius 1 is 1.08 bits per heavy atom. The Morgan fingerprint density at radius 3 is 2.52 bits per heavy atom. The van der Waals surface area contributed by atoms with E-state index in [1.54, 1.807) is 0 Å². The Kier molecular flexibility index (Phi) is 6.22. The van der Waals surface area contributed by atoms with Crippen LogP contribution < -0.4 is 15.5 Å². The number of aromatic amines is 1. The number of aromatic nitrogens is 4. The minimum atomic E-state index is 0.647. The monoisotopic (exact) mass is 343 g/mol. The molecule has 1 saturated heterocycles. The summed E-state index contributed by atoms with van der Waals surface area (Å²) in [6.07, 6.45) is 9.47. The van der Waals surface area contributed by atoms with Gasteiger partial charge >= 0.3 is 0 Å². The summed E-state index contributed by atoms with van der Waals surface area (Å²) in [5.41, 5.74) is 1.24. The highest BCUT2D eigenvalue weighted by Gasteiger charge is 2.19. The summed E-state index contributed by atoms with van der Waals surface area (Å²) in [6.45, 7) is 2.11. The van der Waals surface area contributed by atoms with Crippen molar-refractivity contribution in [3.63, 3.8) is 0 Å². The second-order valence-electron chi connectivity index (χ2n) is 6.75. The zero-order valence-electron chi connectivity index (χ0n) is 15.3. The first-order valence-electron chi connectivity index (χ1n) is 9.29. The van der Waals surface area contributed by atoms with Crippen LogP contribution in [-0.4, -0.2) is 47.4 Å². The van der Waals surface area contributed by atoms with E-state index in [0.717, 1.165) is 30.7 Å². The maximum Gasteiger partial charge on any atom is 0.227 e. The number of anilines is 3. The molecule has 0 atom stereocenters. The summed E-state index contributed by atoms with van der Waals surface area (Å²) in [7, 11) is 3.75. The molecule has 0 unspecified atom stereocenters. The zero-order valence-corrected chi connectivity index (χ0v) is 15.3. The molecule has 1 saturated carbocycles. The lowest BCUT2D eigenvalue weighted by molar-refractivity contribution is 0.693. The molecule has 7 nitrogen and oxygen atoms in total. The second kappa shape index (κ2) is 8.80. The van der Waals surface area contributed by atoms with Crippen molar-refractivity contribution in [1.29, 1.82) is 0 Å². The molecule has 25 heavy (non-hydrogen) atoms. The average molecular weight is 343 g/mol. The summed E-state index contributed by atoms with van der Waals surface area (Å²) in [4.78, 5) is 11.2. The molecule has 1 aliphatic carbocycles. The van der Waals surface area contributed by atoms with Crippen LogP contribution in [0, 0.1) is 0 Å². The van der Waals surface area contributed by atoms with E-state index < -0.39 is 0 Å². The van der Waals surface area contributed by atoms with E-state index in [1.165, 1.54) is 44.2 Å². The maximum absolute atomic E-state index is 4.61. The Labute approximate surface area is 149 Å². The van der Waals surface area contributed by atoms with Crippen LogP contribution in [0.3, 0.4) is 0 Å². The lowest BCUT2D eigenvalue weighted by Gasteiger charge is -2.15. The van der Waals surface area contributed by atoms with Gasteiger partial charge in [-0.05, 0) is 45.8 Å². The Bertz CT molecular complexity index is 642. The van der Waals surface area contributed by atoms with Crippen molar-refractivity contribution in [2.24, 2.45) is 0 Å². The SMILES string of the molecule is CNC.c1cc(Nc2cc(C3CCCC3)[nH]n2)nc(N2CCCC2)n1. The minimum Gasteiger partial charge on any atom is -0.341 e. The van der Waals surface area contributed by atoms with Gasteiger partial charge in [-0.3, -0.25) is 5.10 Å². The fourth-order valence-corrected chi connectivity index (χ4v) is 3.47. The van der Waals surface area contributed by atoms with Gasteiger partial charge in [0, 0.05) is 37.0 Å². The highest BCUT2D eigenvalue weighted by atomic mass is 15.3. The normalized spacial score (nSPS) is 17.4. The third-order valence-electron chi connectivity index (χ3n) is 4.68. The van der Waals surface area contributed by atoms with Crippen molar-refractivity contribution < 1.29 is 0 Å². The van der Waals surface area contributed by atoms with Crippen molar-refractivity contribution in [2.45, 2.75) is 44.4 Å². The molecule has 7 heteroatoms. The van der Waals surface area contributed by atoms with Crippen molar-refractivity contribution in [3.05, 3.63) is 24.0 Å². The molecule has 136 valence electrons. The molecule has 3 heterocycles. The largest absolute Gasteiger partial charge is 0.341 e. The molecule has 3 N–H and O–H groups in total. The van der Waals surface area contributed by atoms with Gasteiger partial charge in [-0.15, -0.1) is 0 Å². The number of H-pyrrole nitrogens is 1. The lowest BCUT2D eigenvalue weighted by Crippen LogP contribution is -2.20. The van der Waals surface area contributed by atoms with Crippen LogP contribution in [0.4, 0.5) is 17.6 Å². The maximum atomic E-state index is 4.61. The lowest BCUT2D eigenvalue weighted by atomic mass is 10.0. The van der Waals surface area contributed by atoms with Gasteiger partial charge in [0.05, 0.1) is 0 Å². The van der Waals surface area contributed by atoms with E-state index in [4.69, 9.17) is 0 Å². The molecule has 4 rings (SSSR count). The van der Waals surface area contributed by atoms with Crippen molar-refractivity contribution in [2.75, 3.05) is 37.4 Å². The summed E-state index contributed by atoms with van der Waals surface area (Å²) >= 11 is 0. The molecule has 0 amide bonds. The third-order valence-corrected chi connectivity index (χ3v) is 4.68. The smallest absolute Gasteiger partial charge is 0.227 e. The van der Waals surface area contributed by atoms with Crippen LogP contribution in [0.2, 0.25) is 0 Å². The predicted molar refractivity (Wildman–Crippen MR) is 102 cm³/mol. The topological polar surface area (TPSA) is 81.8 Å². The van der Waals surface area contributed by atoms with Crippen LogP contribution in [0.5, 0.6) is 0 Å². The molecule has 2 aliphatic rings. The molecule has 0 spiro atoms. The first-order chi connectivity index (χ1) is 12.3. The van der Waals surface area contributed by atoms with Crippen LogP contribution in [0.15, 0.2) is 18.3 Å². The molecule has 2 aromatic heterocycles. The number of hydrogen-bond acceptors (Lipinski definition) is 6. The van der Waals surface area contributed by atoms with Crippen LogP contribution in [0.1, 0.15) is 50.1 Å². The average Bonchev–Trinajstić information content (AvgIpc) is 3.38. The molecule has 1 aliphatic heterocycles. The predicted octanol–water partition coefficient (Wildman–Crippen LogP) is 3.04. The number of hydrogen-bond donors (Lipinski definition) is 3. The minimum absolute atomic E-state index is 0.647. The molecule has 0 aromatic carbocycles. The van der Waals surface area contributed by atoms with E-state index >= 15 is 0 Å². The molecule has 0 radical (unpaired) electrons. The summed E-state index contributed by atoms with van der Waals surface area (Å²) in [6, 6.07) is 4.01. The Hall–Kier alpha value is -2.15. The van der Waals surface area contributed by atoms with E-state index in [-0.39, 0.29) is 0 Å². The highest BCUT2D eigenvalue weighted by molar-refractivity contribution is 5.53. The van der Waals surface area contributed by atoms with Gasteiger partial charge in [0.1, 0.15) is 5.82 Å². The van der Waals surface area contributed by atoms with Gasteiger partial charge in [0.2, 0.25) is 5.95 Å². The molecular formula is C18H29N7. The summed E-state index contributed by atoms with van der Waals surface area (Å²) in [5, 5.41) is 13.6. The molecule has 2 aromatic rings. The van der Waals surface area contributed by atoms with Gasteiger partial charge in [0.25, 0.3) is 0 Å². The van der Waals surface area contributed by atoms with Gasteiger partial charge in [-0.1, -0.05) is 12.8 Å². The van der Waals surface area contributed by atoms with E-state index in [1.807, 2.05) is 26.4 Å². The first-order valence-corrected chi connectivity index (χ1v) is 9.29. The van der Waals surface area contributed by atoms with Crippen molar-refractivity contribution in [1.82, 2.24) is 25.5 Å².